The van der Waals surface area contributed by atoms with Gasteiger partial charge >= 0.3 is 0 Å². The van der Waals surface area contributed by atoms with Gasteiger partial charge in [0.25, 0.3) is 0 Å². The van der Waals surface area contributed by atoms with Gasteiger partial charge < -0.3 is 4.57 Å². The van der Waals surface area contributed by atoms with Crippen LogP contribution in [0.2, 0.25) is 12.1 Å². The third-order valence-corrected chi connectivity index (χ3v) is 8.55. The van der Waals surface area contributed by atoms with Crippen LogP contribution in [0.3, 0.4) is 0 Å². The van der Waals surface area contributed by atoms with Crippen molar-refractivity contribution in [1.29, 1.82) is 0 Å². The predicted octanol–water partition coefficient (Wildman–Crippen LogP) is 3.18. The smallest absolute Gasteiger partial charge is 0.152 e. The maximum atomic E-state index is 2.80. The molecule has 1 fully saturated rings. The molecule has 1 aliphatic heterocycles. The lowest BCUT2D eigenvalue weighted by Crippen LogP contribution is -2.49. The van der Waals surface area contributed by atoms with E-state index in [1.165, 1.54) is 38.0 Å². The summed E-state index contributed by atoms with van der Waals surface area (Å²) in [6.45, 7) is 9.63. The van der Waals surface area contributed by atoms with Crippen LogP contribution in [0.1, 0.15) is 33.6 Å². The molecule has 0 bridgehead atoms. The SMILES string of the molecule is CC=C[Si](CC)(CC)N1CCCC1. The molecule has 2 heteroatoms. The van der Waals surface area contributed by atoms with Gasteiger partial charge in [-0.2, -0.15) is 0 Å². The van der Waals surface area contributed by atoms with Gasteiger partial charge in [-0.15, -0.1) is 0 Å². The quantitative estimate of drug-likeness (QED) is 0.626. The summed E-state index contributed by atoms with van der Waals surface area (Å²) in [6, 6.07) is 2.77. The van der Waals surface area contributed by atoms with Crippen molar-refractivity contribution in [2.45, 2.75) is 45.7 Å². The van der Waals surface area contributed by atoms with Crippen molar-refractivity contribution in [2.24, 2.45) is 0 Å². The highest BCUT2D eigenvalue weighted by atomic mass is 28.3. The Morgan fingerprint density at radius 2 is 1.69 bits per heavy atom. The van der Waals surface area contributed by atoms with Crippen LogP contribution in [0.4, 0.5) is 0 Å². The molecular formula is C11H23NSi. The molecule has 0 spiro atoms. The monoisotopic (exact) mass is 197 g/mol. The average Bonchev–Trinajstić information content (AvgIpc) is 2.68. The summed E-state index contributed by atoms with van der Waals surface area (Å²) in [6.07, 6.45) is 5.12. The summed E-state index contributed by atoms with van der Waals surface area (Å²) in [5.74, 6) is 0. The molecule has 0 aromatic carbocycles. The van der Waals surface area contributed by atoms with Gasteiger partial charge in [-0.25, -0.2) is 0 Å². The Kier molecular flexibility index (Phi) is 4.20. The van der Waals surface area contributed by atoms with Crippen LogP contribution in [0, 0.1) is 0 Å². The summed E-state index contributed by atoms with van der Waals surface area (Å²) in [7, 11) is -1.16. The summed E-state index contributed by atoms with van der Waals surface area (Å²) in [5.41, 5.74) is 2.54. The van der Waals surface area contributed by atoms with E-state index in [0.717, 1.165) is 0 Å². The van der Waals surface area contributed by atoms with Gasteiger partial charge in [0.1, 0.15) is 0 Å². The lowest BCUT2D eigenvalue weighted by atomic mass is 10.4. The standard InChI is InChI=1S/C11H23NSi/c1-4-11-13(5-2,6-3)12-9-7-8-10-12/h4,11H,5-10H2,1-3H3. The molecule has 0 saturated carbocycles. The Balaban J connectivity index is 2.73. The Morgan fingerprint density at radius 3 is 2.08 bits per heavy atom. The van der Waals surface area contributed by atoms with Gasteiger partial charge in [-0.3, -0.25) is 0 Å². The van der Waals surface area contributed by atoms with Gasteiger partial charge in [0, 0.05) is 0 Å². The zero-order valence-electron chi connectivity index (χ0n) is 9.34. The van der Waals surface area contributed by atoms with Crippen LogP contribution < -0.4 is 0 Å². The zero-order chi connectivity index (χ0) is 9.73. The second-order valence-corrected chi connectivity index (χ2v) is 8.59. The van der Waals surface area contributed by atoms with Crippen LogP contribution in [-0.2, 0) is 0 Å². The molecule has 1 aliphatic rings. The topological polar surface area (TPSA) is 3.24 Å². The molecular weight excluding hydrogens is 174 g/mol. The first-order valence-corrected chi connectivity index (χ1v) is 8.12. The van der Waals surface area contributed by atoms with Crippen LogP contribution in [-0.4, -0.2) is 25.9 Å². The minimum absolute atomic E-state index is 1.16. The Hall–Kier alpha value is -0.0831. The van der Waals surface area contributed by atoms with Gasteiger partial charge in [-0.1, -0.05) is 25.6 Å². The molecule has 1 heterocycles. The summed E-state index contributed by atoms with van der Waals surface area (Å²) < 4.78 is 2.80. The molecule has 0 aromatic heterocycles. The van der Waals surface area contributed by atoms with E-state index in [0.29, 0.717) is 0 Å². The highest BCUT2D eigenvalue weighted by Crippen LogP contribution is 2.26. The van der Waals surface area contributed by atoms with E-state index in [1.54, 1.807) is 0 Å². The maximum Gasteiger partial charge on any atom is 0.152 e. The van der Waals surface area contributed by atoms with Gasteiger partial charge in [-0.05, 0) is 44.9 Å². The zero-order valence-corrected chi connectivity index (χ0v) is 10.3. The van der Waals surface area contributed by atoms with Crippen molar-refractivity contribution in [1.82, 2.24) is 4.57 Å². The van der Waals surface area contributed by atoms with Crippen molar-refractivity contribution in [2.75, 3.05) is 13.1 Å². The minimum Gasteiger partial charge on any atom is -0.320 e. The largest absolute Gasteiger partial charge is 0.320 e. The lowest BCUT2D eigenvalue weighted by Gasteiger charge is -2.36. The molecule has 0 aromatic rings. The molecule has 0 unspecified atom stereocenters. The first kappa shape index (κ1) is 11.0. The molecule has 1 nitrogen and oxygen atoms in total. The van der Waals surface area contributed by atoms with Crippen molar-refractivity contribution < 1.29 is 0 Å². The van der Waals surface area contributed by atoms with E-state index >= 15 is 0 Å². The Morgan fingerprint density at radius 1 is 1.15 bits per heavy atom. The van der Waals surface area contributed by atoms with E-state index in [4.69, 9.17) is 0 Å². The number of allylic oxidation sites excluding steroid dienone is 1. The first-order chi connectivity index (χ1) is 6.29. The van der Waals surface area contributed by atoms with Gasteiger partial charge in [0.05, 0.1) is 0 Å². The maximum absolute atomic E-state index is 2.80. The molecule has 0 aliphatic carbocycles. The second kappa shape index (κ2) is 4.96. The summed E-state index contributed by atoms with van der Waals surface area (Å²) in [4.78, 5) is 0. The first-order valence-electron chi connectivity index (χ1n) is 5.68. The van der Waals surface area contributed by atoms with E-state index in [9.17, 15) is 0 Å². The number of hydrogen-bond acceptors (Lipinski definition) is 1. The third-order valence-electron chi connectivity index (χ3n) is 3.44. The normalized spacial score (nSPS) is 20.2. The fourth-order valence-electron chi connectivity index (χ4n) is 2.51. The molecule has 0 amide bonds. The molecule has 1 saturated heterocycles. The van der Waals surface area contributed by atoms with Crippen molar-refractivity contribution in [3.8, 4) is 0 Å². The van der Waals surface area contributed by atoms with E-state index < -0.39 is 8.24 Å². The minimum atomic E-state index is -1.16. The van der Waals surface area contributed by atoms with Crippen molar-refractivity contribution in [3.63, 3.8) is 0 Å². The molecule has 0 N–H and O–H groups in total. The predicted molar refractivity (Wildman–Crippen MR) is 62.3 cm³/mol. The number of hydrogen-bond donors (Lipinski definition) is 0. The third kappa shape index (κ3) is 2.23. The van der Waals surface area contributed by atoms with Crippen LogP contribution >= 0.6 is 0 Å². The molecule has 1 rings (SSSR count). The fraction of sp³-hybridized carbons (Fsp3) is 0.818. The molecule has 13 heavy (non-hydrogen) atoms. The fourth-order valence-corrected chi connectivity index (χ4v) is 6.42. The number of rotatable bonds is 4. The van der Waals surface area contributed by atoms with Crippen molar-refractivity contribution in [3.05, 3.63) is 11.8 Å². The summed E-state index contributed by atoms with van der Waals surface area (Å²) in [5, 5.41) is 0. The van der Waals surface area contributed by atoms with Crippen LogP contribution in [0.15, 0.2) is 11.8 Å². The highest BCUT2D eigenvalue weighted by molar-refractivity contribution is 6.81. The van der Waals surface area contributed by atoms with Gasteiger partial charge in [0.2, 0.25) is 0 Å². The summed E-state index contributed by atoms with van der Waals surface area (Å²) >= 11 is 0. The van der Waals surface area contributed by atoms with Crippen molar-refractivity contribution >= 4 is 8.24 Å². The highest BCUT2D eigenvalue weighted by Gasteiger charge is 2.34. The average molecular weight is 197 g/mol. The Bertz CT molecular complexity index is 167. The molecule has 0 atom stereocenters. The Labute approximate surface area is 83.9 Å². The molecule has 0 radical (unpaired) electrons. The molecule has 76 valence electrons. The van der Waals surface area contributed by atoms with E-state index in [-0.39, 0.29) is 0 Å². The number of nitrogens with zero attached hydrogens (tertiary/aromatic N) is 1. The lowest BCUT2D eigenvalue weighted by molar-refractivity contribution is 0.517. The van der Waals surface area contributed by atoms with Crippen LogP contribution in [0.25, 0.3) is 0 Å². The van der Waals surface area contributed by atoms with E-state index in [1.807, 2.05) is 0 Å². The van der Waals surface area contributed by atoms with Crippen LogP contribution in [0.5, 0.6) is 0 Å². The van der Waals surface area contributed by atoms with Gasteiger partial charge in [0.15, 0.2) is 8.24 Å². The van der Waals surface area contributed by atoms with E-state index in [2.05, 4.69) is 37.1 Å². The second-order valence-electron chi connectivity index (χ2n) is 4.00.